The molecule has 34 heavy (non-hydrogen) atoms. The van der Waals surface area contributed by atoms with E-state index in [2.05, 4.69) is 20.1 Å². The summed E-state index contributed by atoms with van der Waals surface area (Å²) in [4.78, 5) is 25.7. The first-order valence-electron chi connectivity index (χ1n) is 10.6. The molecule has 8 heteroatoms. The molecule has 8 nitrogen and oxygen atoms in total. The lowest BCUT2D eigenvalue weighted by atomic mass is 10.0. The van der Waals surface area contributed by atoms with E-state index in [0.717, 1.165) is 27.4 Å². The van der Waals surface area contributed by atoms with Crippen LogP contribution in [0.3, 0.4) is 0 Å². The third-order valence-corrected chi connectivity index (χ3v) is 5.74. The summed E-state index contributed by atoms with van der Waals surface area (Å²) in [5.41, 5.74) is 4.06. The van der Waals surface area contributed by atoms with Crippen LogP contribution in [0.2, 0.25) is 0 Å². The number of fused-ring (bicyclic) bond motifs is 2. The summed E-state index contributed by atoms with van der Waals surface area (Å²) in [6, 6.07) is 22.6. The van der Waals surface area contributed by atoms with E-state index < -0.39 is 5.97 Å². The van der Waals surface area contributed by atoms with E-state index in [0.29, 0.717) is 22.9 Å². The summed E-state index contributed by atoms with van der Waals surface area (Å²) < 4.78 is 7.08. The van der Waals surface area contributed by atoms with Gasteiger partial charge in [-0.25, -0.2) is 4.79 Å². The minimum Gasteiger partial charge on any atom is -0.477 e. The average Bonchev–Trinajstić information content (AvgIpc) is 3.50. The zero-order valence-electron chi connectivity index (χ0n) is 17.8. The summed E-state index contributed by atoms with van der Waals surface area (Å²) >= 11 is 0. The van der Waals surface area contributed by atoms with Gasteiger partial charge in [0.15, 0.2) is 5.82 Å². The van der Waals surface area contributed by atoms with Gasteiger partial charge < -0.3 is 14.2 Å². The van der Waals surface area contributed by atoms with Gasteiger partial charge in [0.2, 0.25) is 0 Å². The first kappa shape index (κ1) is 19.8. The molecule has 0 saturated heterocycles. The van der Waals surface area contributed by atoms with Crippen LogP contribution in [0, 0.1) is 0 Å². The molecule has 0 atom stereocenters. The highest BCUT2D eigenvalue weighted by molar-refractivity contribution is 6.05. The first-order chi connectivity index (χ1) is 16.7. The van der Waals surface area contributed by atoms with Crippen molar-refractivity contribution in [2.45, 2.75) is 6.54 Å². The molecule has 0 saturated carbocycles. The molecule has 0 aliphatic rings. The fourth-order valence-corrected chi connectivity index (χ4v) is 4.21. The van der Waals surface area contributed by atoms with Crippen molar-refractivity contribution in [3.05, 3.63) is 96.7 Å². The average molecular weight is 447 g/mol. The van der Waals surface area contributed by atoms with E-state index in [4.69, 9.17) is 4.52 Å². The number of benzene rings is 2. The van der Waals surface area contributed by atoms with Gasteiger partial charge in [0.1, 0.15) is 5.69 Å². The van der Waals surface area contributed by atoms with Crippen LogP contribution in [0.15, 0.2) is 89.7 Å². The predicted molar refractivity (Wildman–Crippen MR) is 126 cm³/mol. The predicted octanol–water partition coefficient (Wildman–Crippen LogP) is 5.05. The van der Waals surface area contributed by atoms with Gasteiger partial charge in [0.25, 0.3) is 5.89 Å². The highest BCUT2D eigenvalue weighted by Crippen LogP contribution is 2.33. The Kier molecular flexibility index (Phi) is 4.62. The van der Waals surface area contributed by atoms with Gasteiger partial charge in [-0.3, -0.25) is 9.97 Å². The molecule has 0 bridgehead atoms. The van der Waals surface area contributed by atoms with Gasteiger partial charge in [0.05, 0.1) is 23.3 Å². The van der Waals surface area contributed by atoms with E-state index in [1.165, 1.54) is 0 Å². The number of carboxylic acids is 1. The quantitative estimate of drug-likeness (QED) is 0.394. The summed E-state index contributed by atoms with van der Waals surface area (Å²) in [6.45, 7) is 0.141. The van der Waals surface area contributed by atoms with Crippen molar-refractivity contribution in [3.63, 3.8) is 0 Å². The van der Waals surface area contributed by atoms with Gasteiger partial charge in [-0.1, -0.05) is 41.6 Å². The third-order valence-electron chi connectivity index (χ3n) is 5.74. The van der Waals surface area contributed by atoms with E-state index in [9.17, 15) is 9.90 Å². The number of nitrogens with zero attached hydrogens (tertiary/aromatic N) is 5. The maximum atomic E-state index is 12.2. The number of aromatic nitrogens is 5. The number of carboxylic acid groups (broad SMARTS) is 1. The Hall–Kier alpha value is -4.85. The number of rotatable bonds is 5. The normalized spacial score (nSPS) is 11.3. The fourth-order valence-electron chi connectivity index (χ4n) is 4.21. The zero-order chi connectivity index (χ0) is 23.1. The van der Waals surface area contributed by atoms with Crippen molar-refractivity contribution in [2.24, 2.45) is 0 Å². The summed E-state index contributed by atoms with van der Waals surface area (Å²) in [7, 11) is 0. The molecular formula is C26H17N5O3. The van der Waals surface area contributed by atoms with Gasteiger partial charge in [-0.15, -0.1) is 0 Å². The Morgan fingerprint density at radius 2 is 1.79 bits per heavy atom. The molecule has 4 aromatic heterocycles. The monoisotopic (exact) mass is 447 g/mol. The molecule has 0 amide bonds. The zero-order valence-corrected chi connectivity index (χ0v) is 17.8. The molecule has 0 unspecified atom stereocenters. The topological polar surface area (TPSA) is 107 Å². The Morgan fingerprint density at radius 1 is 0.912 bits per heavy atom. The smallest absolute Gasteiger partial charge is 0.352 e. The van der Waals surface area contributed by atoms with Gasteiger partial charge in [-0.2, -0.15) is 4.98 Å². The van der Waals surface area contributed by atoms with Crippen molar-refractivity contribution in [3.8, 4) is 22.7 Å². The fraction of sp³-hybridized carbons (Fsp3) is 0.0385. The SMILES string of the molecule is O=C(O)c1cc2c(-c3cccc4ncccc34)nccc2n1Cc1noc(-c2ccccc2)n1. The molecule has 0 spiro atoms. The van der Waals surface area contributed by atoms with Crippen LogP contribution in [0.1, 0.15) is 16.3 Å². The van der Waals surface area contributed by atoms with Crippen LogP contribution in [0.25, 0.3) is 44.5 Å². The van der Waals surface area contributed by atoms with Gasteiger partial charge >= 0.3 is 5.97 Å². The molecule has 2 aromatic carbocycles. The largest absolute Gasteiger partial charge is 0.477 e. The number of hydrogen-bond donors (Lipinski definition) is 1. The van der Waals surface area contributed by atoms with E-state index >= 15 is 0 Å². The van der Waals surface area contributed by atoms with Crippen molar-refractivity contribution >= 4 is 27.8 Å². The van der Waals surface area contributed by atoms with E-state index in [1.54, 1.807) is 29.1 Å². The minimum atomic E-state index is -1.05. The first-order valence-corrected chi connectivity index (χ1v) is 10.6. The maximum absolute atomic E-state index is 12.2. The maximum Gasteiger partial charge on any atom is 0.352 e. The Bertz CT molecular complexity index is 1670. The number of carbonyl (C=O) groups is 1. The molecule has 0 radical (unpaired) electrons. The highest BCUT2D eigenvalue weighted by atomic mass is 16.5. The Balaban J connectivity index is 1.49. The lowest BCUT2D eigenvalue weighted by Crippen LogP contribution is -2.10. The highest BCUT2D eigenvalue weighted by Gasteiger charge is 2.21. The molecule has 164 valence electrons. The lowest BCUT2D eigenvalue weighted by Gasteiger charge is -2.08. The van der Waals surface area contributed by atoms with Crippen LogP contribution < -0.4 is 0 Å². The number of hydrogen-bond acceptors (Lipinski definition) is 6. The number of pyridine rings is 2. The standard InChI is InChI=1S/C26H17N5O3/c32-26(33)22-14-19-21(31(22)15-23-29-25(34-30-23)16-6-2-1-3-7-16)11-13-28-24(19)18-8-4-10-20-17(18)9-5-12-27-20/h1-14H,15H2,(H,32,33). The van der Waals surface area contributed by atoms with Crippen LogP contribution >= 0.6 is 0 Å². The summed E-state index contributed by atoms with van der Waals surface area (Å²) in [5.74, 6) is -0.283. The van der Waals surface area contributed by atoms with Crippen molar-refractivity contribution in [1.29, 1.82) is 0 Å². The van der Waals surface area contributed by atoms with Crippen LogP contribution in [0.4, 0.5) is 0 Å². The van der Waals surface area contributed by atoms with E-state index in [-0.39, 0.29) is 12.2 Å². The molecular weight excluding hydrogens is 430 g/mol. The van der Waals surface area contributed by atoms with Crippen LogP contribution in [-0.2, 0) is 6.54 Å². The molecule has 0 aliphatic carbocycles. The second-order valence-electron chi connectivity index (χ2n) is 7.77. The molecule has 1 N–H and O–H groups in total. The van der Waals surface area contributed by atoms with Crippen molar-refractivity contribution in [1.82, 2.24) is 24.7 Å². The molecule has 4 heterocycles. The van der Waals surface area contributed by atoms with Crippen LogP contribution in [0.5, 0.6) is 0 Å². The molecule has 0 fully saturated rings. The lowest BCUT2D eigenvalue weighted by molar-refractivity contribution is 0.0686. The van der Waals surface area contributed by atoms with Gasteiger partial charge in [0, 0.05) is 34.3 Å². The third kappa shape index (κ3) is 3.29. The summed E-state index contributed by atoms with van der Waals surface area (Å²) in [6.07, 6.45) is 3.42. The van der Waals surface area contributed by atoms with Crippen molar-refractivity contribution < 1.29 is 14.4 Å². The molecule has 6 rings (SSSR count). The molecule has 6 aromatic rings. The second-order valence-corrected chi connectivity index (χ2v) is 7.77. The van der Waals surface area contributed by atoms with E-state index in [1.807, 2.05) is 60.7 Å². The second kappa shape index (κ2) is 7.93. The number of aromatic carboxylic acids is 1. The minimum absolute atomic E-state index is 0.119. The van der Waals surface area contributed by atoms with Crippen LogP contribution in [-0.4, -0.2) is 35.8 Å². The Labute approximate surface area is 193 Å². The van der Waals surface area contributed by atoms with Crippen molar-refractivity contribution in [2.75, 3.05) is 0 Å². The van der Waals surface area contributed by atoms with Gasteiger partial charge in [-0.05, 0) is 36.4 Å². The summed E-state index contributed by atoms with van der Waals surface area (Å²) in [5, 5.41) is 15.7. The Morgan fingerprint density at radius 3 is 2.65 bits per heavy atom. The molecule has 0 aliphatic heterocycles.